The van der Waals surface area contributed by atoms with Gasteiger partial charge in [-0.25, -0.2) is 0 Å². The van der Waals surface area contributed by atoms with E-state index in [1.807, 2.05) is 37.3 Å². The Hall–Kier alpha value is -1.39. The molecule has 18 heavy (non-hydrogen) atoms. The van der Waals surface area contributed by atoms with Crippen LogP contribution in [0.15, 0.2) is 30.3 Å². The Labute approximate surface area is 108 Å². The first-order valence-corrected chi connectivity index (χ1v) is 6.24. The number of rotatable bonds is 8. The summed E-state index contributed by atoms with van der Waals surface area (Å²) in [5, 5.41) is 21.2. The quantitative estimate of drug-likeness (QED) is 0.654. The second-order valence-electron chi connectivity index (χ2n) is 4.58. The number of carboxylic acids is 1. The molecule has 0 saturated heterocycles. The average Bonchev–Trinajstić information content (AvgIpc) is 2.35. The van der Waals surface area contributed by atoms with Gasteiger partial charge in [-0.2, -0.15) is 0 Å². The number of hydrogen-bond acceptors (Lipinski definition) is 3. The van der Waals surface area contributed by atoms with Crippen LogP contribution < -0.4 is 5.32 Å². The third kappa shape index (κ3) is 4.85. The molecule has 2 atom stereocenters. The van der Waals surface area contributed by atoms with Gasteiger partial charge in [0.25, 0.3) is 0 Å². The maximum absolute atomic E-state index is 11.2. The Kier molecular flexibility index (Phi) is 6.39. The first kappa shape index (κ1) is 14.7. The lowest BCUT2D eigenvalue weighted by Crippen LogP contribution is -2.30. The van der Waals surface area contributed by atoms with Crippen LogP contribution in [-0.4, -0.2) is 35.9 Å². The molecule has 0 aliphatic rings. The molecule has 4 heteroatoms. The van der Waals surface area contributed by atoms with Crippen LogP contribution in [0.25, 0.3) is 0 Å². The van der Waals surface area contributed by atoms with Gasteiger partial charge in [-0.15, -0.1) is 0 Å². The van der Waals surface area contributed by atoms with Crippen LogP contribution in [0, 0.1) is 5.92 Å². The fourth-order valence-electron chi connectivity index (χ4n) is 1.83. The molecule has 1 aromatic rings. The lowest BCUT2D eigenvalue weighted by Gasteiger charge is -2.16. The Morgan fingerprint density at radius 3 is 2.50 bits per heavy atom. The number of benzene rings is 1. The molecule has 2 unspecified atom stereocenters. The minimum atomic E-state index is -0.816. The summed E-state index contributed by atoms with van der Waals surface area (Å²) in [6, 6.07) is 9.23. The van der Waals surface area contributed by atoms with E-state index in [0.29, 0.717) is 12.5 Å². The smallest absolute Gasteiger partial charge is 0.312 e. The van der Waals surface area contributed by atoms with E-state index in [1.165, 1.54) is 0 Å². The summed E-state index contributed by atoms with van der Waals surface area (Å²) in [5.41, 5.74) is 0.812. The second kappa shape index (κ2) is 7.84. The summed E-state index contributed by atoms with van der Waals surface area (Å²) >= 11 is 0. The number of aliphatic hydroxyl groups excluding tert-OH is 1. The third-order valence-electron chi connectivity index (χ3n) is 2.96. The van der Waals surface area contributed by atoms with Gasteiger partial charge in [0, 0.05) is 13.2 Å². The fraction of sp³-hybridized carbons (Fsp3) is 0.500. The number of aliphatic carboxylic acids is 1. The number of carbonyl (C=O) groups is 1. The summed E-state index contributed by atoms with van der Waals surface area (Å²) in [6.45, 7) is 3.33. The van der Waals surface area contributed by atoms with Crippen LogP contribution in [0.4, 0.5) is 0 Å². The molecule has 0 aliphatic carbocycles. The van der Waals surface area contributed by atoms with Crippen molar-refractivity contribution in [2.75, 3.05) is 19.7 Å². The highest BCUT2D eigenvalue weighted by Crippen LogP contribution is 2.14. The van der Waals surface area contributed by atoms with Crippen LogP contribution in [0.5, 0.6) is 0 Å². The van der Waals surface area contributed by atoms with Gasteiger partial charge in [0.2, 0.25) is 0 Å². The summed E-state index contributed by atoms with van der Waals surface area (Å²) < 4.78 is 0. The monoisotopic (exact) mass is 251 g/mol. The zero-order chi connectivity index (χ0) is 13.4. The van der Waals surface area contributed by atoms with Crippen molar-refractivity contribution >= 4 is 5.97 Å². The van der Waals surface area contributed by atoms with Gasteiger partial charge in [0.1, 0.15) is 0 Å². The van der Waals surface area contributed by atoms with E-state index in [0.717, 1.165) is 18.5 Å². The molecule has 0 fully saturated rings. The van der Waals surface area contributed by atoms with Crippen molar-refractivity contribution in [1.82, 2.24) is 5.32 Å². The molecule has 0 bridgehead atoms. The van der Waals surface area contributed by atoms with E-state index in [-0.39, 0.29) is 6.61 Å². The molecule has 1 aromatic carbocycles. The number of nitrogens with one attached hydrogen (secondary N) is 1. The molecule has 0 saturated carbocycles. The van der Waals surface area contributed by atoms with Crippen molar-refractivity contribution in [3.63, 3.8) is 0 Å². The third-order valence-corrected chi connectivity index (χ3v) is 2.96. The van der Waals surface area contributed by atoms with Gasteiger partial charge in [-0.3, -0.25) is 4.79 Å². The molecular formula is C14H21NO3. The summed E-state index contributed by atoms with van der Waals surface area (Å²) in [6.07, 6.45) is 0.732. The van der Waals surface area contributed by atoms with Gasteiger partial charge in [0.05, 0.1) is 5.92 Å². The lowest BCUT2D eigenvalue weighted by atomic mass is 9.99. The average molecular weight is 251 g/mol. The van der Waals surface area contributed by atoms with Gasteiger partial charge in [-0.05, 0) is 24.4 Å². The Morgan fingerprint density at radius 1 is 1.28 bits per heavy atom. The molecular weight excluding hydrogens is 230 g/mol. The van der Waals surface area contributed by atoms with Gasteiger partial charge in [0.15, 0.2) is 0 Å². The van der Waals surface area contributed by atoms with E-state index in [9.17, 15) is 9.90 Å². The van der Waals surface area contributed by atoms with Crippen molar-refractivity contribution in [1.29, 1.82) is 0 Å². The maximum atomic E-state index is 11.2. The predicted molar refractivity (Wildman–Crippen MR) is 70.6 cm³/mol. The van der Waals surface area contributed by atoms with Gasteiger partial charge in [-0.1, -0.05) is 37.3 Å². The van der Waals surface area contributed by atoms with Crippen LogP contribution in [0.3, 0.4) is 0 Å². The van der Waals surface area contributed by atoms with Crippen LogP contribution in [0.2, 0.25) is 0 Å². The highest BCUT2D eigenvalue weighted by Gasteiger charge is 2.19. The summed E-state index contributed by atoms with van der Waals surface area (Å²) in [7, 11) is 0. The first-order valence-electron chi connectivity index (χ1n) is 6.24. The SMILES string of the molecule is CC(CCO)CNCC(C(=O)O)c1ccccc1. The molecule has 3 N–H and O–H groups in total. The maximum Gasteiger partial charge on any atom is 0.312 e. The largest absolute Gasteiger partial charge is 0.481 e. The highest BCUT2D eigenvalue weighted by atomic mass is 16.4. The van der Waals surface area contributed by atoms with E-state index in [4.69, 9.17) is 5.11 Å². The molecule has 0 amide bonds. The normalized spacial score (nSPS) is 14.1. The summed E-state index contributed by atoms with van der Waals surface area (Å²) in [5.74, 6) is -0.990. The Balaban J connectivity index is 2.48. The van der Waals surface area contributed by atoms with Crippen LogP contribution in [-0.2, 0) is 4.79 Å². The summed E-state index contributed by atoms with van der Waals surface area (Å²) in [4.78, 5) is 11.2. The second-order valence-corrected chi connectivity index (χ2v) is 4.58. The topological polar surface area (TPSA) is 69.6 Å². The molecule has 0 aliphatic heterocycles. The molecule has 100 valence electrons. The van der Waals surface area contributed by atoms with Crippen molar-refractivity contribution in [3.05, 3.63) is 35.9 Å². The number of carboxylic acid groups (broad SMARTS) is 1. The van der Waals surface area contributed by atoms with Gasteiger partial charge >= 0.3 is 5.97 Å². The van der Waals surface area contributed by atoms with Crippen molar-refractivity contribution in [2.24, 2.45) is 5.92 Å². The van der Waals surface area contributed by atoms with E-state index < -0.39 is 11.9 Å². The zero-order valence-corrected chi connectivity index (χ0v) is 10.7. The molecule has 4 nitrogen and oxygen atoms in total. The molecule has 1 rings (SSSR count). The minimum Gasteiger partial charge on any atom is -0.481 e. The van der Waals surface area contributed by atoms with Crippen molar-refractivity contribution in [2.45, 2.75) is 19.3 Å². The molecule has 0 aromatic heterocycles. The molecule has 0 heterocycles. The fourth-order valence-corrected chi connectivity index (χ4v) is 1.83. The number of aliphatic hydroxyl groups is 1. The molecule has 0 radical (unpaired) electrons. The lowest BCUT2D eigenvalue weighted by molar-refractivity contribution is -0.138. The molecule has 0 spiro atoms. The zero-order valence-electron chi connectivity index (χ0n) is 10.7. The first-order chi connectivity index (χ1) is 8.65. The van der Waals surface area contributed by atoms with E-state index in [2.05, 4.69) is 5.32 Å². The predicted octanol–water partition coefficient (Wildman–Crippen LogP) is 1.46. The minimum absolute atomic E-state index is 0.171. The highest BCUT2D eigenvalue weighted by molar-refractivity contribution is 5.76. The number of hydrogen-bond donors (Lipinski definition) is 3. The van der Waals surface area contributed by atoms with Gasteiger partial charge < -0.3 is 15.5 Å². The Morgan fingerprint density at radius 2 is 1.94 bits per heavy atom. The van der Waals surface area contributed by atoms with Crippen LogP contribution in [0.1, 0.15) is 24.8 Å². The van der Waals surface area contributed by atoms with Crippen LogP contribution >= 0.6 is 0 Å². The standard InChI is InChI=1S/C14H21NO3/c1-11(7-8-16)9-15-10-13(14(17)18)12-5-3-2-4-6-12/h2-6,11,13,15-16H,7-10H2,1H3,(H,17,18). The van der Waals surface area contributed by atoms with Crippen molar-refractivity contribution in [3.8, 4) is 0 Å². The Bertz CT molecular complexity index is 353. The van der Waals surface area contributed by atoms with E-state index >= 15 is 0 Å². The van der Waals surface area contributed by atoms with E-state index in [1.54, 1.807) is 0 Å². The van der Waals surface area contributed by atoms with Crippen molar-refractivity contribution < 1.29 is 15.0 Å².